The first-order valence-electron chi connectivity index (χ1n) is 6.84. The number of anilines is 1. The molecular formula is C16H18FN3O2. The number of hydrogen-bond acceptors (Lipinski definition) is 4. The van der Waals surface area contributed by atoms with Crippen molar-refractivity contribution < 1.29 is 14.3 Å². The Bertz CT molecular complexity index is 646. The lowest BCUT2D eigenvalue weighted by Crippen LogP contribution is -2.28. The van der Waals surface area contributed by atoms with E-state index in [1.807, 2.05) is 0 Å². The summed E-state index contributed by atoms with van der Waals surface area (Å²) in [7, 11) is 3.29. The van der Waals surface area contributed by atoms with Crippen LogP contribution < -0.4 is 10.2 Å². The van der Waals surface area contributed by atoms with Gasteiger partial charge in [-0.3, -0.25) is 4.79 Å². The zero-order chi connectivity index (χ0) is 16.1. The highest BCUT2D eigenvalue weighted by atomic mass is 19.1. The highest BCUT2D eigenvalue weighted by Gasteiger charge is 2.17. The highest BCUT2D eigenvalue weighted by Crippen LogP contribution is 2.20. The Kier molecular flexibility index (Phi) is 5.06. The second-order valence-corrected chi connectivity index (χ2v) is 4.90. The zero-order valence-electron chi connectivity index (χ0n) is 12.5. The maximum atomic E-state index is 12.9. The molecule has 1 atom stereocenters. The number of benzene rings is 1. The molecule has 0 spiro atoms. The quantitative estimate of drug-likeness (QED) is 0.883. The van der Waals surface area contributed by atoms with E-state index < -0.39 is 6.10 Å². The molecule has 2 rings (SSSR count). The van der Waals surface area contributed by atoms with Gasteiger partial charge in [0, 0.05) is 26.8 Å². The van der Waals surface area contributed by atoms with E-state index in [4.69, 9.17) is 0 Å². The predicted octanol–water partition coefficient (Wildman–Crippen LogP) is 1.75. The Balaban J connectivity index is 2.17. The fourth-order valence-electron chi connectivity index (χ4n) is 2.15. The lowest BCUT2D eigenvalue weighted by atomic mass is 10.1. The number of halogens is 1. The number of nitrogens with one attached hydrogen (secondary N) is 1. The van der Waals surface area contributed by atoms with Crippen molar-refractivity contribution in [3.63, 3.8) is 0 Å². The normalized spacial score (nSPS) is 11.8. The molecule has 0 radical (unpaired) electrons. The van der Waals surface area contributed by atoms with Crippen molar-refractivity contribution in [3.05, 3.63) is 59.5 Å². The fraction of sp³-hybridized carbons (Fsp3) is 0.250. The maximum absolute atomic E-state index is 12.9. The molecular weight excluding hydrogens is 285 g/mol. The van der Waals surface area contributed by atoms with E-state index in [1.54, 1.807) is 37.3 Å². The molecule has 0 fully saturated rings. The first-order chi connectivity index (χ1) is 10.5. The van der Waals surface area contributed by atoms with Crippen LogP contribution in [0, 0.1) is 5.82 Å². The Morgan fingerprint density at radius 1 is 1.36 bits per heavy atom. The summed E-state index contributed by atoms with van der Waals surface area (Å²) < 4.78 is 12.9. The van der Waals surface area contributed by atoms with E-state index in [0.717, 1.165) is 0 Å². The van der Waals surface area contributed by atoms with Crippen LogP contribution in [0.15, 0.2) is 42.6 Å². The Labute approximate surface area is 128 Å². The van der Waals surface area contributed by atoms with Gasteiger partial charge in [-0.2, -0.15) is 0 Å². The van der Waals surface area contributed by atoms with Crippen molar-refractivity contribution in [1.29, 1.82) is 0 Å². The van der Waals surface area contributed by atoms with Gasteiger partial charge in [-0.1, -0.05) is 12.1 Å². The lowest BCUT2D eigenvalue weighted by molar-refractivity contribution is 0.0963. The number of carbonyl (C=O) groups excluding carboxylic acids is 1. The van der Waals surface area contributed by atoms with E-state index in [0.29, 0.717) is 16.9 Å². The van der Waals surface area contributed by atoms with E-state index in [-0.39, 0.29) is 18.3 Å². The summed E-state index contributed by atoms with van der Waals surface area (Å²) in [6, 6.07) is 9.02. The number of hydrogen-bond donors (Lipinski definition) is 2. The summed E-state index contributed by atoms with van der Waals surface area (Å²) in [4.78, 5) is 17.7. The average molecular weight is 303 g/mol. The van der Waals surface area contributed by atoms with Gasteiger partial charge in [0.25, 0.3) is 5.91 Å². The molecule has 2 aromatic rings. The Morgan fingerprint density at radius 3 is 2.68 bits per heavy atom. The highest BCUT2D eigenvalue weighted by molar-refractivity contribution is 5.98. The molecule has 0 saturated carbocycles. The molecule has 1 aromatic carbocycles. The monoisotopic (exact) mass is 303 g/mol. The van der Waals surface area contributed by atoms with Crippen LogP contribution in [0.5, 0.6) is 0 Å². The summed E-state index contributed by atoms with van der Waals surface area (Å²) in [5.41, 5.74) is 1.03. The first kappa shape index (κ1) is 15.9. The standard InChI is InChI=1S/C16H18FN3O2/c1-18-16(22)13-4-3-9-19-15(13)20(2)10-14(21)11-5-7-12(17)8-6-11/h3-9,14,21H,10H2,1-2H3,(H,18,22)/t14-/m0/s1. The number of carbonyl (C=O) groups is 1. The lowest BCUT2D eigenvalue weighted by Gasteiger charge is -2.23. The maximum Gasteiger partial charge on any atom is 0.254 e. The number of aliphatic hydroxyl groups excluding tert-OH is 1. The minimum Gasteiger partial charge on any atom is -0.387 e. The number of aromatic nitrogens is 1. The molecule has 22 heavy (non-hydrogen) atoms. The van der Waals surface area contributed by atoms with Gasteiger partial charge in [-0.25, -0.2) is 9.37 Å². The third-order valence-electron chi connectivity index (χ3n) is 3.32. The van der Waals surface area contributed by atoms with Gasteiger partial charge in [-0.15, -0.1) is 0 Å². The molecule has 0 aliphatic rings. The van der Waals surface area contributed by atoms with Crippen molar-refractivity contribution in [2.24, 2.45) is 0 Å². The molecule has 6 heteroatoms. The molecule has 5 nitrogen and oxygen atoms in total. The largest absolute Gasteiger partial charge is 0.387 e. The molecule has 1 heterocycles. The number of amides is 1. The van der Waals surface area contributed by atoms with Crippen molar-refractivity contribution >= 4 is 11.7 Å². The SMILES string of the molecule is CNC(=O)c1cccnc1N(C)C[C@H](O)c1ccc(F)cc1. The van der Waals surface area contributed by atoms with E-state index in [9.17, 15) is 14.3 Å². The van der Waals surface area contributed by atoms with Crippen LogP contribution in [0.1, 0.15) is 22.0 Å². The summed E-state index contributed by atoms with van der Waals surface area (Å²) in [6.07, 6.45) is 0.771. The van der Waals surface area contributed by atoms with Gasteiger partial charge < -0.3 is 15.3 Å². The third kappa shape index (κ3) is 3.59. The summed E-state index contributed by atoms with van der Waals surface area (Å²) in [6.45, 7) is 0.229. The van der Waals surface area contributed by atoms with E-state index in [1.165, 1.54) is 24.3 Å². The van der Waals surface area contributed by atoms with Crippen LogP contribution in [0.3, 0.4) is 0 Å². The summed E-state index contributed by atoms with van der Waals surface area (Å²) in [5, 5.41) is 12.8. The molecule has 1 amide bonds. The van der Waals surface area contributed by atoms with Crippen molar-refractivity contribution in [1.82, 2.24) is 10.3 Å². The van der Waals surface area contributed by atoms with Crippen LogP contribution in [0.4, 0.5) is 10.2 Å². The minimum atomic E-state index is -0.815. The van der Waals surface area contributed by atoms with E-state index in [2.05, 4.69) is 10.3 Å². The van der Waals surface area contributed by atoms with Crippen LogP contribution in [0.2, 0.25) is 0 Å². The van der Waals surface area contributed by atoms with Crippen LogP contribution in [-0.4, -0.2) is 36.6 Å². The van der Waals surface area contributed by atoms with Crippen molar-refractivity contribution in [2.75, 3.05) is 25.5 Å². The third-order valence-corrected chi connectivity index (χ3v) is 3.32. The molecule has 0 aliphatic heterocycles. The number of rotatable bonds is 5. The minimum absolute atomic E-state index is 0.229. The van der Waals surface area contributed by atoms with Gasteiger partial charge in [0.1, 0.15) is 11.6 Å². The number of pyridine rings is 1. The van der Waals surface area contributed by atoms with Crippen molar-refractivity contribution in [3.8, 4) is 0 Å². The number of aliphatic hydroxyl groups is 1. The first-order valence-corrected chi connectivity index (χ1v) is 6.84. The molecule has 0 bridgehead atoms. The number of nitrogens with zero attached hydrogens (tertiary/aromatic N) is 2. The Morgan fingerprint density at radius 2 is 2.05 bits per heavy atom. The molecule has 0 unspecified atom stereocenters. The molecule has 1 aromatic heterocycles. The molecule has 0 saturated heterocycles. The van der Waals surface area contributed by atoms with Crippen LogP contribution >= 0.6 is 0 Å². The zero-order valence-corrected chi connectivity index (χ0v) is 12.5. The van der Waals surface area contributed by atoms with E-state index >= 15 is 0 Å². The van der Waals surface area contributed by atoms with Crippen LogP contribution in [-0.2, 0) is 0 Å². The van der Waals surface area contributed by atoms with Crippen molar-refractivity contribution in [2.45, 2.75) is 6.10 Å². The van der Waals surface area contributed by atoms with Gasteiger partial charge in [0.05, 0.1) is 11.7 Å². The smallest absolute Gasteiger partial charge is 0.254 e. The van der Waals surface area contributed by atoms with Gasteiger partial charge in [0.2, 0.25) is 0 Å². The predicted molar refractivity (Wildman–Crippen MR) is 82.3 cm³/mol. The summed E-state index contributed by atoms with van der Waals surface area (Å²) in [5.74, 6) is -0.120. The topological polar surface area (TPSA) is 65.5 Å². The molecule has 0 aliphatic carbocycles. The number of likely N-dealkylation sites (N-methyl/N-ethyl adjacent to an activating group) is 1. The average Bonchev–Trinajstić information content (AvgIpc) is 2.54. The second-order valence-electron chi connectivity index (χ2n) is 4.90. The Hall–Kier alpha value is -2.47. The second kappa shape index (κ2) is 7.00. The van der Waals surface area contributed by atoms with Gasteiger partial charge in [-0.05, 0) is 29.8 Å². The van der Waals surface area contributed by atoms with Gasteiger partial charge >= 0.3 is 0 Å². The molecule has 2 N–H and O–H groups in total. The molecule has 116 valence electrons. The fourth-order valence-corrected chi connectivity index (χ4v) is 2.15. The summed E-state index contributed by atoms with van der Waals surface area (Å²) >= 11 is 0. The van der Waals surface area contributed by atoms with Crippen LogP contribution in [0.25, 0.3) is 0 Å². The van der Waals surface area contributed by atoms with Gasteiger partial charge in [0.15, 0.2) is 0 Å².